The van der Waals surface area contributed by atoms with Gasteiger partial charge in [-0.2, -0.15) is 0 Å². The number of halogens is 1. The lowest BCUT2D eigenvalue weighted by Gasteiger charge is -2.28. The molecule has 0 aromatic rings. The number of rotatable bonds is 1. The second-order valence-electron chi connectivity index (χ2n) is 3.73. The molecule has 2 heterocycles. The van der Waals surface area contributed by atoms with Gasteiger partial charge in [0.2, 0.25) is 0 Å². The zero-order chi connectivity index (χ0) is 7.90. The van der Waals surface area contributed by atoms with E-state index in [1.165, 1.54) is 0 Å². The van der Waals surface area contributed by atoms with Crippen LogP contribution in [-0.4, -0.2) is 41.4 Å². The molecule has 0 bridgehead atoms. The Morgan fingerprint density at radius 1 is 1.64 bits per heavy atom. The van der Waals surface area contributed by atoms with Gasteiger partial charge < -0.3 is 5.11 Å². The van der Waals surface area contributed by atoms with Gasteiger partial charge in [-0.15, -0.1) is 0 Å². The van der Waals surface area contributed by atoms with Crippen molar-refractivity contribution in [1.29, 1.82) is 0 Å². The molecular formula is C8H14FNO. The molecule has 1 N–H and O–H groups in total. The monoisotopic (exact) mass is 159 g/mol. The quantitative estimate of drug-likeness (QED) is 0.604. The molecule has 0 aliphatic carbocycles. The predicted octanol–water partition coefficient (Wildman–Crippen LogP) is 0.555. The lowest BCUT2D eigenvalue weighted by Crippen LogP contribution is -2.41. The van der Waals surface area contributed by atoms with Gasteiger partial charge >= 0.3 is 0 Å². The summed E-state index contributed by atoms with van der Waals surface area (Å²) in [5.41, 5.74) is -0.167. The van der Waals surface area contributed by atoms with Gasteiger partial charge in [-0.3, -0.25) is 4.90 Å². The largest absolute Gasteiger partial charge is 0.394 e. The van der Waals surface area contributed by atoms with Gasteiger partial charge in [0.15, 0.2) is 0 Å². The summed E-state index contributed by atoms with van der Waals surface area (Å²) in [6.45, 7) is 1.65. The molecule has 0 amide bonds. The molecule has 0 aromatic heterocycles. The zero-order valence-electron chi connectivity index (χ0n) is 6.59. The van der Waals surface area contributed by atoms with E-state index in [2.05, 4.69) is 4.90 Å². The molecule has 2 nitrogen and oxygen atoms in total. The van der Waals surface area contributed by atoms with E-state index in [1.54, 1.807) is 0 Å². The number of alkyl halides is 1. The van der Waals surface area contributed by atoms with Crippen LogP contribution in [0.1, 0.15) is 19.3 Å². The fourth-order valence-corrected chi connectivity index (χ4v) is 2.47. The van der Waals surface area contributed by atoms with Gasteiger partial charge in [0, 0.05) is 18.5 Å². The first-order valence-corrected chi connectivity index (χ1v) is 4.27. The molecular weight excluding hydrogens is 145 g/mol. The van der Waals surface area contributed by atoms with Crippen molar-refractivity contribution in [1.82, 2.24) is 4.90 Å². The van der Waals surface area contributed by atoms with E-state index in [9.17, 15) is 4.39 Å². The number of aliphatic hydroxyl groups is 1. The molecule has 2 fully saturated rings. The number of aliphatic hydroxyl groups excluding tert-OH is 1. The number of fused-ring (bicyclic) bond motifs is 1. The summed E-state index contributed by atoms with van der Waals surface area (Å²) >= 11 is 0. The first-order chi connectivity index (χ1) is 5.27. The molecule has 3 heteroatoms. The smallest absolute Gasteiger partial charge is 0.115 e. The van der Waals surface area contributed by atoms with E-state index in [4.69, 9.17) is 5.11 Å². The molecule has 1 unspecified atom stereocenters. The molecule has 0 saturated carbocycles. The summed E-state index contributed by atoms with van der Waals surface area (Å²) in [6.07, 6.45) is 1.93. The Labute approximate surface area is 66.0 Å². The highest BCUT2D eigenvalue weighted by Gasteiger charge is 2.47. The highest BCUT2D eigenvalue weighted by atomic mass is 19.1. The Kier molecular flexibility index (Phi) is 1.65. The standard InChI is InChI=1S/C8H14FNO/c9-7-4-8(6-11)2-1-3-10(8)5-7/h7,11H,1-6H2/t7?,8-/m1/s1. The minimum absolute atomic E-state index is 0.132. The van der Waals surface area contributed by atoms with Crippen LogP contribution in [0.2, 0.25) is 0 Å². The van der Waals surface area contributed by atoms with Crippen molar-refractivity contribution >= 4 is 0 Å². The fourth-order valence-electron chi connectivity index (χ4n) is 2.47. The van der Waals surface area contributed by atoms with E-state index in [0.29, 0.717) is 13.0 Å². The fraction of sp³-hybridized carbons (Fsp3) is 1.00. The molecule has 2 aliphatic heterocycles. The molecule has 2 aliphatic rings. The van der Waals surface area contributed by atoms with Crippen molar-refractivity contribution in [2.24, 2.45) is 0 Å². The summed E-state index contributed by atoms with van der Waals surface area (Å²) in [6, 6.07) is 0. The normalized spacial score (nSPS) is 44.7. The van der Waals surface area contributed by atoms with Crippen molar-refractivity contribution in [2.75, 3.05) is 19.7 Å². The van der Waals surface area contributed by atoms with E-state index in [1.807, 2.05) is 0 Å². The lowest BCUT2D eigenvalue weighted by atomic mass is 9.95. The topological polar surface area (TPSA) is 23.5 Å². The molecule has 0 aromatic carbocycles. The van der Waals surface area contributed by atoms with Gasteiger partial charge in [0.1, 0.15) is 6.17 Å². The molecule has 2 saturated heterocycles. The van der Waals surface area contributed by atoms with Crippen molar-refractivity contribution in [3.63, 3.8) is 0 Å². The van der Waals surface area contributed by atoms with Crippen molar-refractivity contribution in [2.45, 2.75) is 31.0 Å². The van der Waals surface area contributed by atoms with Crippen LogP contribution in [0.25, 0.3) is 0 Å². The summed E-state index contributed by atoms with van der Waals surface area (Å²) < 4.78 is 12.9. The van der Waals surface area contributed by atoms with Crippen molar-refractivity contribution in [3.8, 4) is 0 Å². The van der Waals surface area contributed by atoms with Crippen LogP contribution in [0, 0.1) is 0 Å². The predicted molar refractivity (Wildman–Crippen MR) is 40.1 cm³/mol. The molecule has 2 rings (SSSR count). The van der Waals surface area contributed by atoms with Crippen LogP contribution >= 0.6 is 0 Å². The van der Waals surface area contributed by atoms with Gasteiger partial charge in [-0.25, -0.2) is 4.39 Å². The lowest BCUT2D eigenvalue weighted by molar-refractivity contribution is 0.0996. The van der Waals surface area contributed by atoms with Crippen molar-refractivity contribution in [3.05, 3.63) is 0 Å². The van der Waals surface area contributed by atoms with E-state index >= 15 is 0 Å². The maximum absolute atomic E-state index is 12.9. The van der Waals surface area contributed by atoms with Crippen LogP contribution in [0.4, 0.5) is 4.39 Å². The molecule has 0 spiro atoms. The van der Waals surface area contributed by atoms with Gasteiger partial charge in [0.05, 0.1) is 6.61 Å². The molecule has 2 atom stereocenters. The Bertz CT molecular complexity index is 164. The van der Waals surface area contributed by atoms with Crippen molar-refractivity contribution < 1.29 is 9.50 Å². The summed E-state index contributed by atoms with van der Waals surface area (Å²) in [4.78, 5) is 2.11. The Morgan fingerprint density at radius 2 is 2.45 bits per heavy atom. The highest BCUT2D eigenvalue weighted by Crippen LogP contribution is 2.39. The van der Waals surface area contributed by atoms with E-state index in [-0.39, 0.29) is 12.1 Å². The van der Waals surface area contributed by atoms with Crippen LogP contribution in [0.15, 0.2) is 0 Å². The first-order valence-electron chi connectivity index (χ1n) is 4.27. The maximum Gasteiger partial charge on any atom is 0.115 e. The Balaban J connectivity index is 2.15. The van der Waals surface area contributed by atoms with Gasteiger partial charge in [-0.05, 0) is 19.4 Å². The maximum atomic E-state index is 12.9. The minimum Gasteiger partial charge on any atom is -0.394 e. The second kappa shape index (κ2) is 2.42. The number of hydrogen-bond acceptors (Lipinski definition) is 2. The van der Waals surface area contributed by atoms with Gasteiger partial charge in [-0.1, -0.05) is 0 Å². The highest BCUT2D eigenvalue weighted by molar-refractivity contribution is 5.03. The van der Waals surface area contributed by atoms with E-state index in [0.717, 1.165) is 19.4 Å². The third kappa shape index (κ3) is 0.983. The minimum atomic E-state index is -0.706. The van der Waals surface area contributed by atoms with Crippen LogP contribution < -0.4 is 0 Å². The summed E-state index contributed by atoms with van der Waals surface area (Å²) in [5, 5.41) is 9.14. The number of hydrogen-bond donors (Lipinski definition) is 1. The van der Waals surface area contributed by atoms with Crippen LogP contribution in [0.3, 0.4) is 0 Å². The second-order valence-corrected chi connectivity index (χ2v) is 3.73. The summed E-state index contributed by atoms with van der Waals surface area (Å²) in [5.74, 6) is 0. The average Bonchev–Trinajstić information content (AvgIpc) is 2.43. The Hall–Kier alpha value is -0.150. The van der Waals surface area contributed by atoms with E-state index < -0.39 is 6.17 Å². The third-order valence-corrected chi connectivity index (χ3v) is 3.06. The van der Waals surface area contributed by atoms with Crippen LogP contribution in [0.5, 0.6) is 0 Å². The first kappa shape index (κ1) is 7.50. The zero-order valence-corrected chi connectivity index (χ0v) is 6.59. The molecule has 64 valence electrons. The molecule has 0 radical (unpaired) electrons. The van der Waals surface area contributed by atoms with Gasteiger partial charge in [0.25, 0.3) is 0 Å². The molecule has 11 heavy (non-hydrogen) atoms. The summed E-state index contributed by atoms with van der Waals surface area (Å²) in [7, 11) is 0. The number of nitrogens with zero attached hydrogens (tertiary/aromatic N) is 1. The third-order valence-electron chi connectivity index (χ3n) is 3.06. The average molecular weight is 159 g/mol. The SMILES string of the molecule is OC[C@]12CCCN1CC(F)C2. The Morgan fingerprint density at radius 3 is 3.09 bits per heavy atom. The van der Waals surface area contributed by atoms with Crippen LogP contribution in [-0.2, 0) is 0 Å².